The first-order chi connectivity index (χ1) is 7.31. The van der Waals surface area contributed by atoms with Gasteiger partial charge in [0, 0.05) is 18.0 Å². The molecule has 0 amide bonds. The highest BCUT2D eigenvalue weighted by Crippen LogP contribution is 2.13. The van der Waals surface area contributed by atoms with Crippen molar-refractivity contribution in [3.8, 4) is 11.4 Å². The summed E-state index contributed by atoms with van der Waals surface area (Å²) in [6.45, 7) is 0. The molecule has 0 aliphatic rings. The monoisotopic (exact) mass is 201 g/mol. The number of benzene rings is 1. The molecule has 0 unspecified atom stereocenters. The molecule has 3 heteroatoms. The molecule has 1 aromatic heterocycles. The first kappa shape index (κ1) is 9.52. The fraction of sp³-hybridized carbons (Fsp3) is 0.0833. The van der Waals surface area contributed by atoms with E-state index in [2.05, 4.69) is 0 Å². The predicted molar refractivity (Wildman–Crippen MR) is 58.6 cm³/mol. The maximum atomic E-state index is 11.5. The Balaban J connectivity index is 2.46. The van der Waals surface area contributed by atoms with Crippen molar-refractivity contribution >= 4 is 0 Å². The summed E-state index contributed by atoms with van der Waals surface area (Å²) in [5, 5.41) is 0. The van der Waals surface area contributed by atoms with Gasteiger partial charge in [-0.15, -0.1) is 0 Å². The van der Waals surface area contributed by atoms with Crippen LogP contribution in [0.15, 0.2) is 53.5 Å². The molecule has 2 aromatic rings. The molecule has 0 fully saturated rings. The fourth-order valence-electron chi connectivity index (χ4n) is 1.38. The third-order valence-electron chi connectivity index (χ3n) is 2.17. The van der Waals surface area contributed by atoms with Crippen LogP contribution in [0, 0.1) is 0 Å². The van der Waals surface area contributed by atoms with Crippen LogP contribution >= 0.6 is 0 Å². The quantitative estimate of drug-likeness (QED) is 0.742. The molecule has 0 N–H and O–H groups in total. The molecule has 1 heterocycles. The minimum absolute atomic E-state index is 0.0392. The summed E-state index contributed by atoms with van der Waals surface area (Å²) in [6, 6.07) is 12.4. The average molecular weight is 201 g/mol. The van der Waals surface area contributed by atoms with Gasteiger partial charge in [0.05, 0.1) is 7.11 Å². The highest BCUT2D eigenvalue weighted by molar-refractivity contribution is 5.37. The maximum absolute atomic E-state index is 11.5. The van der Waals surface area contributed by atoms with Crippen molar-refractivity contribution in [1.29, 1.82) is 0 Å². The summed E-state index contributed by atoms with van der Waals surface area (Å²) in [7, 11) is 1.61. The van der Waals surface area contributed by atoms with E-state index < -0.39 is 0 Å². The van der Waals surface area contributed by atoms with Crippen molar-refractivity contribution in [2.45, 2.75) is 0 Å². The van der Waals surface area contributed by atoms with Crippen molar-refractivity contribution in [2.75, 3.05) is 7.11 Å². The second-order valence-electron chi connectivity index (χ2n) is 3.11. The zero-order valence-corrected chi connectivity index (χ0v) is 8.38. The van der Waals surface area contributed by atoms with Crippen molar-refractivity contribution in [2.24, 2.45) is 0 Å². The van der Waals surface area contributed by atoms with E-state index in [0.29, 0.717) is 0 Å². The maximum Gasteiger partial charge on any atom is 0.255 e. The van der Waals surface area contributed by atoms with E-state index in [4.69, 9.17) is 4.74 Å². The Morgan fingerprint density at radius 3 is 2.40 bits per heavy atom. The average Bonchev–Trinajstić information content (AvgIpc) is 2.30. The van der Waals surface area contributed by atoms with Crippen LogP contribution in [0.5, 0.6) is 5.75 Å². The second kappa shape index (κ2) is 4.00. The Kier molecular flexibility index (Phi) is 2.54. The highest BCUT2D eigenvalue weighted by atomic mass is 16.5. The number of hydrogen-bond donors (Lipinski definition) is 0. The molecule has 2 rings (SSSR count). The van der Waals surface area contributed by atoms with E-state index in [1.54, 1.807) is 23.9 Å². The lowest BCUT2D eigenvalue weighted by molar-refractivity contribution is 0.414. The van der Waals surface area contributed by atoms with Crippen molar-refractivity contribution < 1.29 is 4.74 Å². The third-order valence-corrected chi connectivity index (χ3v) is 2.17. The largest absolute Gasteiger partial charge is 0.497 e. The highest BCUT2D eigenvalue weighted by Gasteiger charge is 1.97. The fourth-order valence-corrected chi connectivity index (χ4v) is 1.38. The lowest BCUT2D eigenvalue weighted by Gasteiger charge is -2.05. The van der Waals surface area contributed by atoms with Gasteiger partial charge in [0.25, 0.3) is 5.56 Å². The van der Waals surface area contributed by atoms with Gasteiger partial charge in [-0.3, -0.25) is 9.36 Å². The van der Waals surface area contributed by atoms with Crippen LogP contribution in [0.2, 0.25) is 0 Å². The second-order valence-corrected chi connectivity index (χ2v) is 3.11. The number of rotatable bonds is 2. The van der Waals surface area contributed by atoms with Crippen LogP contribution in [0.3, 0.4) is 0 Å². The molecular weight excluding hydrogens is 190 g/mol. The Bertz CT molecular complexity index is 500. The number of methoxy groups -OCH3 is 1. The van der Waals surface area contributed by atoms with Crippen LogP contribution < -0.4 is 10.3 Å². The standard InChI is InChI=1S/C12H11NO2/c1-15-11-7-5-10(6-8-11)13-9-3-2-4-12(13)14/h2-9H,1H3. The Labute approximate surface area is 87.6 Å². The number of hydrogen-bond acceptors (Lipinski definition) is 2. The molecule has 3 nitrogen and oxygen atoms in total. The summed E-state index contributed by atoms with van der Waals surface area (Å²) in [6.07, 6.45) is 1.74. The molecule has 0 saturated carbocycles. The minimum Gasteiger partial charge on any atom is -0.497 e. The summed E-state index contributed by atoms with van der Waals surface area (Å²) in [5.74, 6) is 0.780. The molecule has 0 saturated heterocycles. The molecule has 0 aliphatic carbocycles. The zero-order valence-electron chi connectivity index (χ0n) is 8.38. The minimum atomic E-state index is -0.0392. The van der Waals surface area contributed by atoms with Crippen molar-refractivity contribution in [1.82, 2.24) is 4.57 Å². The van der Waals surface area contributed by atoms with Gasteiger partial charge in [-0.1, -0.05) is 6.07 Å². The molecule has 0 spiro atoms. The lowest BCUT2D eigenvalue weighted by atomic mass is 10.3. The molecular formula is C12H11NO2. The SMILES string of the molecule is COc1ccc(-n2ccccc2=O)cc1. The first-order valence-corrected chi connectivity index (χ1v) is 4.63. The van der Waals surface area contributed by atoms with Gasteiger partial charge in [-0.05, 0) is 30.3 Å². The van der Waals surface area contributed by atoms with Crippen LogP contribution in [0.4, 0.5) is 0 Å². The first-order valence-electron chi connectivity index (χ1n) is 4.63. The Morgan fingerprint density at radius 1 is 1.07 bits per heavy atom. The summed E-state index contributed by atoms with van der Waals surface area (Å²) in [4.78, 5) is 11.5. The molecule has 0 bridgehead atoms. The molecule has 0 atom stereocenters. The summed E-state index contributed by atoms with van der Waals surface area (Å²) < 4.78 is 6.63. The molecule has 15 heavy (non-hydrogen) atoms. The van der Waals surface area contributed by atoms with E-state index >= 15 is 0 Å². The van der Waals surface area contributed by atoms with Gasteiger partial charge in [0.2, 0.25) is 0 Å². The van der Waals surface area contributed by atoms with Gasteiger partial charge in [-0.2, -0.15) is 0 Å². The number of pyridine rings is 1. The Hall–Kier alpha value is -2.03. The van der Waals surface area contributed by atoms with Crippen molar-refractivity contribution in [3.05, 3.63) is 59.0 Å². The van der Waals surface area contributed by atoms with Gasteiger partial charge in [0.15, 0.2) is 0 Å². The van der Waals surface area contributed by atoms with Gasteiger partial charge in [0.1, 0.15) is 5.75 Å². The van der Waals surface area contributed by atoms with E-state index in [1.165, 1.54) is 6.07 Å². The van der Waals surface area contributed by atoms with Crippen molar-refractivity contribution in [3.63, 3.8) is 0 Å². The summed E-state index contributed by atoms with van der Waals surface area (Å²) in [5.41, 5.74) is 0.795. The topological polar surface area (TPSA) is 31.2 Å². The third kappa shape index (κ3) is 1.91. The van der Waals surface area contributed by atoms with E-state index in [0.717, 1.165) is 11.4 Å². The van der Waals surface area contributed by atoms with Gasteiger partial charge >= 0.3 is 0 Å². The van der Waals surface area contributed by atoms with Crippen LogP contribution in [-0.4, -0.2) is 11.7 Å². The van der Waals surface area contributed by atoms with Gasteiger partial charge < -0.3 is 4.74 Å². The van der Waals surface area contributed by atoms with Crippen LogP contribution in [-0.2, 0) is 0 Å². The lowest BCUT2D eigenvalue weighted by Crippen LogP contribution is -2.15. The molecule has 0 radical (unpaired) electrons. The number of ether oxygens (including phenoxy) is 1. The predicted octanol–water partition coefficient (Wildman–Crippen LogP) is 1.85. The molecule has 0 aliphatic heterocycles. The molecule has 76 valence electrons. The number of nitrogens with zero attached hydrogens (tertiary/aromatic N) is 1. The Morgan fingerprint density at radius 2 is 1.80 bits per heavy atom. The normalized spacial score (nSPS) is 9.93. The van der Waals surface area contributed by atoms with Crippen LogP contribution in [0.1, 0.15) is 0 Å². The van der Waals surface area contributed by atoms with E-state index in [9.17, 15) is 4.79 Å². The van der Waals surface area contributed by atoms with E-state index in [-0.39, 0.29) is 5.56 Å². The molecule has 1 aromatic carbocycles. The van der Waals surface area contributed by atoms with E-state index in [1.807, 2.05) is 30.3 Å². The number of aromatic nitrogens is 1. The smallest absolute Gasteiger partial charge is 0.255 e. The van der Waals surface area contributed by atoms with Gasteiger partial charge in [-0.25, -0.2) is 0 Å². The zero-order chi connectivity index (χ0) is 10.7. The van der Waals surface area contributed by atoms with Crippen LogP contribution in [0.25, 0.3) is 5.69 Å². The summed E-state index contributed by atoms with van der Waals surface area (Å²) >= 11 is 0.